The summed E-state index contributed by atoms with van der Waals surface area (Å²) in [5.74, 6) is -2.89. The minimum atomic E-state index is -1.06. The number of aliphatic imine (C=N–C) groups is 1. The van der Waals surface area contributed by atoms with E-state index in [4.69, 9.17) is 17.2 Å². The molecule has 14 nitrogen and oxygen atoms in total. The lowest BCUT2D eigenvalue weighted by molar-refractivity contribution is -0.141. The molecule has 10 N–H and O–H groups in total. The second kappa shape index (κ2) is 22.5. The molecule has 1 aliphatic rings. The fourth-order valence-corrected chi connectivity index (χ4v) is 5.17. The Balaban J connectivity index is 0.00000138. The van der Waals surface area contributed by atoms with E-state index in [1.807, 2.05) is 68.5 Å². The molecule has 0 aromatic heterocycles. The first kappa shape index (κ1) is 41.9. The molecule has 1 heterocycles. The summed E-state index contributed by atoms with van der Waals surface area (Å²) in [6.07, 6.45) is 6.61. The van der Waals surface area contributed by atoms with Crippen molar-refractivity contribution in [3.63, 3.8) is 0 Å². The normalized spacial score (nSPS) is 19.3. The van der Waals surface area contributed by atoms with Crippen LogP contribution in [0, 0.1) is 0 Å². The van der Waals surface area contributed by atoms with Crippen molar-refractivity contribution in [1.29, 1.82) is 0 Å². The van der Waals surface area contributed by atoms with E-state index in [9.17, 15) is 24.0 Å². The summed E-state index contributed by atoms with van der Waals surface area (Å²) in [6.45, 7) is 9.37. The molecular weight excluding hydrogens is 650 g/mol. The minimum absolute atomic E-state index is 0.0988. The van der Waals surface area contributed by atoms with Gasteiger partial charge in [0.1, 0.15) is 18.1 Å². The first-order valence-electron chi connectivity index (χ1n) is 17.3. The third kappa shape index (κ3) is 15.0. The van der Waals surface area contributed by atoms with Crippen LogP contribution < -0.4 is 38.5 Å². The van der Waals surface area contributed by atoms with Gasteiger partial charge in [-0.2, -0.15) is 0 Å². The molecule has 2 aromatic rings. The van der Waals surface area contributed by atoms with Crippen molar-refractivity contribution < 1.29 is 24.0 Å². The zero-order chi connectivity index (χ0) is 37.8. The molecule has 0 saturated carbocycles. The Kier molecular flexibility index (Phi) is 18.5. The number of fused-ring (bicyclic) bond motifs is 1. The third-order valence-electron chi connectivity index (χ3n) is 8.37. The summed E-state index contributed by atoms with van der Waals surface area (Å²) in [5, 5.41) is 12.6. The van der Waals surface area contributed by atoms with Gasteiger partial charge in [-0.05, 0) is 69.3 Å². The van der Waals surface area contributed by atoms with Gasteiger partial charge in [0.15, 0.2) is 5.96 Å². The summed E-state index contributed by atoms with van der Waals surface area (Å²) < 4.78 is 0. The van der Waals surface area contributed by atoms with Crippen molar-refractivity contribution in [2.45, 2.75) is 77.4 Å². The number of unbranched alkanes of at least 4 members (excludes halogenated alkanes) is 2. The van der Waals surface area contributed by atoms with E-state index in [2.05, 4.69) is 32.8 Å². The van der Waals surface area contributed by atoms with E-state index in [-0.39, 0.29) is 38.4 Å². The quantitative estimate of drug-likeness (QED) is 0.0732. The Morgan fingerprint density at radius 3 is 2.25 bits per heavy atom. The number of nitrogens with zero attached hydrogens (tertiary/aromatic N) is 2. The zero-order valence-electron chi connectivity index (χ0n) is 30.1. The van der Waals surface area contributed by atoms with Crippen LogP contribution in [0.5, 0.6) is 0 Å². The van der Waals surface area contributed by atoms with Crippen LogP contribution in [0.2, 0.25) is 0 Å². The second-order valence-electron chi connectivity index (χ2n) is 12.3. The van der Waals surface area contributed by atoms with E-state index >= 15 is 0 Å². The van der Waals surface area contributed by atoms with Gasteiger partial charge in [0.2, 0.25) is 29.5 Å². The second-order valence-corrected chi connectivity index (χ2v) is 12.3. The summed E-state index contributed by atoms with van der Waals surface area (Å²) in [6, 6.07) is 10.4. The summed E-state index contributed by atoms with van der Waals surface area (Å²) in [5.41, 5.74) is 18.5. The largest absolute Gasteiger partial charge is 0.370 e. The molecule has 1 saturated heterocycles. The average Bonchev–Trinajstić information content (AvgIpc) is 3.12. The van der Waals surface area contributed by atoms with Crippen LogP contribution in [-0.2, 0) is 30.4 Å². The number of nitrogens with one attached hydrogen (secondary N) is 4. The van der Waals surface area contributed by atoms with Gasteiger partial charge < -0.3 is 43.4 Å². The number of guanidine groups is 1. The monoisotopic (exact) mass is 705 g/mol. The number of benzene rings is 2. The van der Waals surface area contributed by atoms with Crippen LogP contribution >= 0.6 is 0 Å². The van der Waals surface area contributed by atoms with Crippen molar-refractivity contribution in [3.05, 3.63) is 72.3 Å². The lowest BCUT2D eigenvalue weighted by Gasteiger charge is -2.30. The predicted molar refractivity (Wildman–Crippen MR) is 201 cm³/mol. The topological polar surface area (TPSA) is 227 Å². The SMILES string of the molecule is C=C/C(C)=C\C.C[C@@H]1C(=O)NC(CCCN=C(N)N)C(=O)NC(Cc2ccc3ccccc3c2)C(=O)NCC(=O)NCC(=O)N1CCCCCN. The highest BCUT2D eigenvalue weighted by Gasteiger charge is 2.32. The summed E-state index contributed by atoms with van der Waals surface area (Å²) in [4.78, 5) is 71.6. The number of carbonyl (C=O) groups excluding carboxylic acids is 5. The van der Waals surface area contributed by atoms with Gasteiger partial charge in [-0.25, -0.2) is 0 Å². The molecule has 2 aromatic carbocycles. The zero-order valence-corrected chi connectivity index (χ0v) is 30.1. The number of amides is 5. The van der Waals surface area contributed by atoms with E-state index in [1.165, 1.54) is 10.5 Å². The van der Waals surface area contributed by atoms with E-state index < -0.39 is 54.2 Å². The van der Waals surface area contributed by atoms with Gasteiger partial charge in [0.05, 0.1) is 13.1 Å². The highest BCUT2D eigenvalue weighted by molar-refractivity contribution is 5.96. The molecule has 51 heavy (non-hydrogen) atoms. The number of hydrogen-bond donors (Lipinski definition) is 7. The number of carbonyl (C=O) groups is 5. The van der Waals surface area contributed by atoms with Crippen molar-refractivity contribution in [2.24, 2.45) is 22.2 Å². The van der Waals surface area contributed by atoms with Gasteiger partial charge in [-0.15, -0.1) is 0 Å². The molecule has 14 heteroatoms. The average molecular weight is 706 g/mol. The Hall–Kier alpha value is -5.24. The number of rotatable bonds is 12. The standard InChI is InChI=1S/C31H45N9O5.C6H10/c1-20-28(43)38-24(10-7-14-35-31(33)34)30(45)39-25(17-21-11-12-22-8-3-4-9-23(22)16-21)29(44)37-18-26(41)36-19-27(42)40(20)15-6-2-5-13-32;1-4-6(3)5-2/h3-4,8-9,11-12,16,20,24-25H,2,5-7,10,13-15,17-19,32H2,1H3,(H,36,41)(H,37,44)(H,38,43)(H,39,45)(H4,33,34,35);4-5H,1H2,2-3H3/b;6-5-/t20-,24?,25?;/m1./s1. The lowest BCUT2D eigenvalue weighted by Crippen LogP contribution is -2.57. The van der Waals surface area contributed by atoms with Crippen LogP contribution in [0.1, 0.15) is 58.4 Å². The molecule has 1 fully saturated rings. The lowest BCUT2D eigenvalue weighted by atomic mass is 10.0. The molecule has 3 atom stereocenters. The van der Waals surface area contributed by atoms with Gasteiger partial charge in [0, 0.05) is 19.5 Å². The Morgan fingerprint density at radius 2 is 1.61 bits per heavy atom. The molecule has 5 amide bonds. The first-order chi connectivity index (χ1) is 24.4. The molecule has 278 valence electrons. The minimum Gasteiger partial charge on any atom is -0.370 e. The fourth-order valence-electron chi connectivity index (χ4n) is 5.17. The highest BCUT2D eigenvalue weighted by atomic mass is 16.2. The smallest absolute Gasteiger partial charge is 0.243 e. The summed E-state index contributed by atoms with van der Waals surface area (Å²) >= 11 is 0. The maximum atomic E-state index is 13.7. The maximum Gasteiger partial charge on any atom is 0.243 e. The van der Waals surface area contributed by atoms with Crippen molar-refractivity contribution in [3.8, 4) is 0 Å². The molecular formula is C37H55N9O5. The molecule has 2 unspecified atom stereocenters. The van der Waals surface area contributed by atoms with Gasteiger partial charge in [0.25, 0.3) is 0 Å². The van der Waals surface area contributed by atoms with Gasteiger partial charge in [-0.1, -0.05) is 73.2 Å². The van der Waals surface area contributed by atoms with Gasteiger partial charge in [-0.3, -0.25) is 29.0 Å². The Morgan fingerprint density at radius 1 is 0.902 bits per heavy atom. The third-order valence-corrected chi connectivity index (χ3v) is 8.37. The van der Waals surface area contributed by atoms with E-state index in [1.54, 1.807) is 6.92 Å². The van der Waals surface area contributed by atoms with Crippen LogP contribution in [-0.4, -0.2) is 91.2 Å². The molecule has 0 bridgehead atoms. The predicted octanol–water partition coefficient (Wildman–Crippen LogP) is 1.14. The molecule has 0 aliphatic carbocycles. The number of allylic oxidation sites excluding steroid dienone is 3. The summed E-state index contributed by atoms with van der Waals surface area (Å²) in [7, 11) is 0. The van der Waals surface area contributed by atoms with Crippen LogP contribution in [0.4, 0.5) is 0 Å². The van der Waals surface area contributed by atoms with Gasteiger partial charge >= 0.3 is 0 Å². The van der Waals surface area contributed by atoms with Crippen LogP contribution in [0.15, 0.2) is 71.8 Å². The fraction of sp³-hybridized carbons (Fsp3) is 0.459. The highest BCUT2D eigenvalue weighted by Crippen LogP contribution is 2.17. The van der Waals surface area contributed by atoms with Crippen LogP contribution in [0.3, 0.4) is 0 Å². The molecule has 3 rings (SSSR count). The van der Waals surface area contributed by atoms with Crippen LogP contribution in [0.25, 0.3) is 10.8 Å². The van der Waals surface area contributed by atoms with Crippen molar-refractivity contribution in [2.75, 3.05) is 32.7 Å². The maximum absolute atomic E-state index is 13.7. The van der Waals surface area contributed by atoms with E-state index in [0.29, 0.717) is 19.4 Å². The molecule has 0 radical (unpaired) electrons. The van der Waals surface area contributed by atoms with Crippen molar-refractivity contribution in [1.82, 2.24) is 26.2 Å². The molecule has 0 spiro atoms. The van der Waals surface area contributed by atoms with Crippen molar-refractivity contribution >= 4 is 46.3 Å². The first-order valence-corrected chi connectivity index (χ1v) is 17.3. The Bertz CT molecular complexity index is 1550. The number of nitrogens with two attached hydrogens (primary N) is 3. The van der Waals surface area contributed by atoms with E-state index in [0.717, 1.165) is 29.2 Å². The number of hydrogen-bond acceptors (Lipinski definition) is 7. The molecule has 1 aliphatic heterocycles. The Labute approximate surface area is 300 Å².